The summed E-state index contributed by atoms with van der Waals surface area (Å²) in [5.41, 5.74) is 5.71. The van der Waals surface area contributed by atoms with Gasteiger partial charge in [-0.05, 0) is 26.8 Å². The Morgan fingerprint density at radius 3 is 2.83 bits per heavy atom. The van der Waals surface area contributed by atoms with Crippen LogP contribution in [0.5, 0.6) is 0 Å². The van der Waals surface area contributed by atoms with Gasteiger partial charge in [0.2, 0.25) is 0 Å². The van der Waals surface area contributed by atoms with Gasteiger partial charge in [0.25, 0.3) is 5.91 Å². The third-order valence-electron chi connectivity index (χ3n) is 3.28. The van der Waals surface area contributed by atoms with E-state index < -0.39 is 0 Å². The number of carbonyl (C=O) groups excluding carboxylic acids is 1. The van der Waals surface area contributed by atoms with Crippen molar-refractivity contribution in [3.63, 3.8) is 0 Å². The van der Waals surface area contributed by atoms with E-state index in [9.17, 15) is 4.79 Å². The SMILES string of the molecule is CC(CNC(=O)c1cnc(N)cn1)N(C)C1CC1. The van der Waals surface area contributed by atoms with E-state index in [1.54, 1.807) is 0 Å². The van der Waals surface area contributed by atoms with Crippen molar-refractivity contribution in [2.45, 2.75) is 31.8 Å². The molecule has 0 bridgehead atoms. The quantitative estimate of drug-likeness (QED) is 0.782. The lowest BCUT2D eigenvalue weighted by Crippen LogP contribution is -2.41. The van der Waals surface area contributed by atoms with Crippen LogP contribution in [0.2, 0.25) is 0 Å². The summed E-state index contributed by atoms with van der Waals surface area (Å²) < 4.78 is 0. The smallest absolute Gasteiger partial charge is 0.271 e. The summed E-state index contributed by atoms with van der Waals surface area (Å²) >= 11 is 0. The first-order chi connectivity index (χ1) is 8.58. The molecule has 1 atom stereocenters. The van der Waals surface area contributed by atoms with Crippen LogP contribution in [0, 0.1) is 0 Å². The average molecular weight is 249 g/mol. The Bertz CT molecular complexity index is 415. The number of rotatable bonds is 5. The van der Waals surface area contributed by atoms with Gasteiger partial charge in [-0.15, -0.1) is 0 Å². The molecule has 0 radical (unpaired) electrons. The summed E-state index contributed by atoms with van der Waals surface area (Å²) in [5.74, 6) is 0.104. The molecule has 1 unspecified atom stereocenters. The normalized spacial score (nSPS) is 16.6. The molecular weight excluding hydrogens is 230 g/mol. The topological polar surface area (TPSA) is 84.1 Å². The lowest BCUT2D eigenvalue weighted by molar-refractivity contribution is 0.0934. The first kappa shape index (κ1) is 12.8. The molecule has 3 N–H and O–H groups in total. The lowest BCUT2D eigenvalue weighted by Gasteiger charge is -2.24. The highest BCUT2D eigenvalue weighted by Gasteiger charge is 2.29. The number of nitrogen functional groups attached to an aromatic ring is 1. The summed E-state index contributed by atoms with van der Waals surface area (Å²) in [6.45, 7) is 2.71. The van der Waals surface area contributed by atoms with E-state index in [0.29, 0.717) is 30.1 Å². The van der Waals surface area contributed by atoms with Crippen LogP contribution in [0.1, 0.15) is 30.3 Å². The largest absolute Gasteiger partial charge is 0.382 e. The van der Waals surface area contributed by atoms with E-state index in [1.165, 1.54) is 25.2 Å². The maximum absolute atomic E-state index is 11.8. The minimum atomic E-state index is -0.210. The van der Waals surface area contributed by atoms with Crippen molar-refractivity contribution >= 4 is 11.7 Å². The molecule has 0 spiro atoms. The molecule has 1 saturated carbocycles. The molecule has 6 nitrogen and oxygen atoms in total. The number of hydrogen-bond acceptors (Lipinski definition) is 5. The summed E-state index contributed by atoms with van der Waals surface area (Å²) in [7, 11) is 2.09. The van der Waals surface area contributed by atoms with Gasteiger partial charge in [0.15, 0.2) is 0 Å². The zero-order valence-electron chi connectivity index (χ0n) is 10.8. The second kappa shape index (κ2) is 5.30. The summed E-state index contributed by atoms with van der Waals surface area (Å²) in [6, 6.07) is 1.01. The predicted octanol–water partition coefficient (Wildman–Crippen LogP) is 0.271. The van der Waals surface area contributed by atoms with Crippen LogP contribution in [-0.2, 0) is 0 Å². The summed E-state index contributed by atoms with van der Waals surface area (Å²) in [6.07, 6.45) is 5.30. The Labute approximate surface area is 107 Å². The average Bonchev–Trinajstić information content (AvgIpc) is 3.19. The van der Waals surface area contributed by atoms with E-state index in [0.717, 1.165) is 0 Å². The molecular formula is C12H19N5O. The number of hydrogen-bond donors (Lipinski definition) is 2. The second-order valence-corrected chi connectivity index (χ2v) is 4.78. The zero-order chi connectivity index (χ0) is 13.1. The van der Waals surface area contributed by atoms with Crippen molar-refractivity contribution < 1.29 is 4.79 Å². The van der Waals surface area contributed by atoms with E-state index >= 15 is 0 Å². The first-order valence-corrected chi connectivity index (χ1v) is 6.15. The Morgan fingerprint density at radius 1 is 1.56 bits per heavy atom. The monoisotopic (exact) mass is 249 g/mol. The number of aromatic nitrogens is 2. The molecule has 1 aromatic heterocycles. The lowest BCUT2D eigenvalue weighted by atomic mass is 10.3. The number of nitrogens with zero attached hydrogens (tertiary/aromatic N) is 3. The number of nitrogens with one attached hydrogen (secondary N) is 1. The predicted molar refractivity (Wildman–Crippen MR) is 69.0 cm³/mol. The van der Waals surface area contributed by atoms with Gasteiger partial charge in [-0.1, -0.05) is 0 Å². The van der Waals surface area contributed by atoms with Gasteiger partial charge in [-0.2, -0.15) is 0 Å². The molecule has 0 aromatic carbocycles. The van der Waals surface area contributed by atoms with Crippen LogP contribution in [0.25, 0.3) is 0 Å². The molecule has 0 aliphatic heterocycles. The fourth-order valence-electron chi connectivity index (χ4n) is 1.77. The molecule has 6 heteroatoms. The van der Waals surface area contributed by atoms with Gasteiger partial charge in [-0.25, -0.2) is 9.97 Å². The first-order valence-electron chi connectivity index (χ1n) is 6.15. The van der Waals surface area contributed by atoms with E-state index in [4.69, 9.17) is 5.73 Å². The molecule has 98 valence electrons. The van der Waals surface area contributed by atoms with Crippen molar-refractivity contribution in [1.29, 1.82) is 0 Å². The Kier molecular flexibility index (Phi) is 3.76. The molecule has 2 rings (SSSR count). The van der Waals surface area contributed by atoms with E-state index in [1.807, 2.05) is 0 Å². The second-order valence-electron chi connectivity index (χ2n) is 4.78. The van der Waals surface area contributed by atoms with E-state index in [2.05, 4.69) is 34.2 Å². The maximum Gasteiger partial charge on any atom is 0.271 e. The Morgan fingerprint density at radius 2 is 2.28 bits per heavy atom. The minimum Gasteiger partial charge on any atom is -0.382 e. The number of nitrogens with two attached hydrogens (primary N) is 1. The molecule has 1 aliphatic rings. The van der Waals surface area contributed by atoms with E-state index in [-0.39, 0.29) is 5.91 Å². The van der Waals surface area contributed by atoms with Gasteiger partial charge in [0, 0.05) is 18.6 Å². The molecule has 0 saturated heterocycles. The third kappa shape index (κ3) is 3.16. The third-order valence-corrected chi connectivity index (χ3v) is 3.28. The minimum absolute atomic E-state index is 0.210. The van der Waals surface area contributed by atoms with Gasteiger partial charge >= 0.3 is 0 Å². The molecule has 18 heavy (non-hydrogen) atoms. The van der Waals surface area contributed by atoms with Crippen molar-refractivity contribution in [3.05, 3.63) is 18.1 Å². The standard InChI is InChI=1S/C12H19N5O/c1-8(17(2)9-3-4-9)5-16-12(18)10-6-15-11(13)7-14-10/h6-9H,3-5H2,1-2H3,(H2,13,15)(H,16,18). The van der Waals surface area contributed by atoms with Gasteiger partial charge in [0.1, 0.15) is 11.5 Å². The van der Waals surface area contributed by atoms with Gasteiger partial charge < -0.3 is 11.1 Å². The number of anilines is 1. The van der Waals surface area contributed by atoms with Crippen LogP contribution in [0.3, 0.4) is 0 Å². The van der Waals surface area contributed by atoms with Crippen LogP contribution in [-0.4, -0.2) is 46.5 Å². The Hall–Kier alpha value is -1.69. The number of amides is 1. The summed E-state index contributed by atoms with van der Waals surface area (Å²) in [5, 5.41) is 2.86. The summed E-state index contributed by atoms with van der Waals surface area (Å²) in [4.78, 5) is 21.9. The van der Waals surface area contributed by atoms with Crippen molar-refractivity contribution in [3.8, 4) is 0 Å². The Balaban J connectivity index is 1.82. The van der Waals surface area contributed by atoms with Gasteiger partial charge in [-0.3, -0.25) is 9.69 Å². The highest BCUT2D eigenvalue weighted by Crippen LogP contribution is 2.26. The number of likely N-dealkylation sites (N-methyl/N-ethyl adjacent to an activating group) is 1. The van der Waals surface area contributed by atoms with Crippen LogP contribution >= 0.6 is 0 Å². The fraction of sp³-hybridized carbons (Fsp3) is 0.583. The molecule has 1 aliphatic carbocycles. The van der Waals surface area contributed by atoms with Crippen LogP contribution in [0.4, 0.5) is 5.82 Å². The van der Waals surface area contributed by atoms with Crippen molar-refractivity contribution in [2.24, 2.45) is 0 Å². The van der Waals surface area contributed by atoms with Crippen LogP contribution in [0.15, 0.2) is 12.4 Å². The molecule has 1 amide bonds. The zero-order valence-corrected chi connectivity index (χ0v) is 10.8. The van der Waals surface area contributed by atoms with Gasteiger partial charge in [0.05, 0.1) is 12.4 Å². The molecule has 1 fully saturated rings. The highest BCUT2D eigenvalue weighted by molar-refractivity contribution is 5.91. The van der Waals surface area contributed by atoms with Crippen LogP contribution < -0.4 is 11.1 Å². The molecule has 1 aromatic rings. The fourth-order valence-corrected chi connectivity index (χ4v) is 1.77. The number of carbonyl (C=O) groups is 1. The van der Waals surface area contributed by atoms with Crippen molar-refractivity contribution in [2.75, 3.05) is 19.3 Å². The highest BCUT2D eigenvalue weighted by atomic mass is 16.1. The van der Waals surface area contributed by atoms with Crippen molar-refractivity contribution in [1.82, 2.24) is 20.2 Å². The maximum atomic E-state index is 11.8. The molecule has 1 heterocycles.